The van der Waals surface area contributed by atoms with Crippen LogP contribution in [0.3, 0.4) is 0 Å². The zero-order valence-corrected chi connectivity index (χ0v) is 10.4. The summed E-state index contributed by atoms with van der Waals surface area (Å²) in [6.07, 6.45) is 4.91. The van der Waals surface area contributed by atoms with E-state index in [1.807, 2.05) is 6.26 Å². The molecule has 1 aliphatic rings. The Morgan fingerprint density at radius 1 is 1.50 bits per heavy atom. The first-order valence-electron chi connectivity index (χ1n) is 5.46. The van der Waals surface area contributed by atoms with Crippen LogP contribution in [0.5, 0.6) is 5.88 Å². The molecular weight excluding hydrogens is 247 g/mol. The van der Waals surface area contributed by atoms with Crippen LogP contribution in [-0.4, -0.2) is 54.3 Å². The van der Waals surface area contributed by atoms with Crippen LogP contribution in [-0.2, 0) is 9.53 Å². The van der Waals surface area contributed by atoms with Gasteiger partial charge in [0.15, 0.2) is 5.16 Å². The molecule has 0 aromatic carbocycles. The predicted octanol–water partition coefficient (Wildman–Crippen LogP) is 0.882. The fourth-order valence-corrected chi connectivity index (χ4v) is 1.95. The topological polar surface area (TPSA) is 61.3 Å². The molecule has 0 bridgehead atoms. The van der Waals surface area contributed by atoms with Crippen LogP contribution in [0, 0.1) is 5.92 Å². The third kappa shape index (κ3) is 4.29. The number of rotatable bonds is 3. The molecule has 1 saturated heterocycles. The van der Waals surface area contributed by atoms with Gasteiger partial charge >= 0.3 is 24.8 Å². The first kappa shape index (κ1) is 15.5. The number of aromatic nitrogens is 2. The summed E-state index contributed by atoms with van der Waals surface area (Å²) in [6, 6.07) is 1.59. The first-order chi connectivity index (χ1) is 8.29. The zero-order valence-electron chi connectivity index (χ0n) is 9.59. The third-order valence-electron chi connectivity index (χ3n) is 2.55. The van der Waals surface area contributed by atoms with E-state index in [1.165, 1.54) is 11.8 Å². The molecule has 1 fully saturated rings. The van der Waals surface area contributed by atoms with Crippen molar-refractivity contribution in [1.82, 2.24) is 9.97 Å². The third-order valence-corrected chi connectivity index (χ3v) is 3.11. The second-order valence-corrected chi connectivity index (χ2v) is 4.46. The fourth-order valence-electron chi connectivity index (χ4n) is 1.60. The normalized spacial score (nSPS) is 15.8. The summed E-state index contributed by atoms with van der Waals surface area (Å²) in [7, 11) is 0. The van der Waals surface area contributed by atoms with Gasteiger partial charge in [-0.15, -0.1) is 0 Å². The van der Waals surface area contributed by atoms with Gasteiger partial charge in [-0.3, -0.25) is 4.79 Å². The molecule has 94 valence electrons. The van der Waals surface area contributed by atoms with Gasteiger partial charge in [0.1, 0.15) is 0 Å². The van der Waals surface area contributed by atoms with Crippen molar-refractivity contribution in [3.05, 3.63) is 12.3 Å². The standard InChI is InChI=1S/C11H14N2O3S.Li.H/c1-17-11-12-5-2-9(13-11)16-10(14)8-3-6-15-7-4-8;;/h2,5,8H,3-4,6-7H2,1H3;;. The molecule has 0 aliphatic carbocycles. The molecule has 0 atom stereocenters. The van der Waals surface area contributed by atoms with Crippen molar-refractivity contribution < 1.29 is 14.3 Å². The Morgan fingerprint density at radius 3 is 2.89 bits per heavy atom. The van der Waals surface area contributed by atoms with Crippen molar-refractivity contribution in [2.45, 2.75) is 18.0 Å². The van der Waals surface area contributed by atoms with Crippen LogP contribution in [0.4, 0.5) is 0 Å². The van der Waals surface area contributed by atoms with E-state index in [4.69, 9.17) is 9.47 Å². The second-order valence-electron chi connectivity index (χ2n) is 3.69. The summed E-state index contributed by atoms with van der Waals surface area (Å²) in [5.41, 5.74) is 0. The Bertz CT molecular complexity index is 400. The van der Waals surface area contributed by atoms with E-state index >= 15 is 0 Å². The van der Waals surface area contributed by atoms with Crippen LogP contribution >= 0.6 is 11.8 Å². The number of esters is 1. The van der Waals surface area contributed by atoms with E-state index in [0.29, 0.717) is 24.3 Å². The average molecular weight is 262 g/mol. The summed E-state index contributed by atoms with van der Waals surface area (Å²) in [5.74, 6) is 0.0244. The van der Waals surface area contributed by atoms with Gasteiger partial charge in [-0.25, -0.2) is 4.98 Å². The number of hydrogen-bond donors (Lipinski definition) is 0. The molecule has 0 saturated carbocycles. The molecule has 5 nitrogen and oxygen atoms in total. The molecule has 1 aromatic rings. The maximum absolute atomic E-state index is 11.8. The molecule has 2 rings (SSSR count). The van der Waals surface area contributed by atoms with Crippen LogP contribution in [0.2, 0.25) is 0 Å². The fraction of sp³-hybridized carbons (Fsp3) is 0.545. The summed E-state index contributed by atoms with van der Waals surface area (Å²) in [5, 5.41) is 0.599. The Kier molecular flexibility index (Phi) is 6.72. The van der Waals surface area contributed by atoms with E-state index in [0.717, 1.165) is 12.8 Å². The predicted molar refractivity (Wildman–Crippen MR) is 70.1 cm³/mol. The van der Waals surface area contributed by atoms with Crippen LogP contribution in [0.1, 0.15) is 12.8 Å². The van der Waals surface area contributed by atoms with Crippen molar-refractivity contribution in [3.8, 4) is 5.88 Å². The van der Waals surface area contributed by atoms with Gasteiger partial charge in [0.25, 0.3) is 0 Å². The zero-order chi connectivity index (χ0) is 12.1. The number of nitrogens with zero attached hydrogens (tertiary/aromatic N) is 2. The second kappa shape index (κ2) is 7.80. The first-order valence-corrected chi connectivity index (χ1v) is 6.68. The molecule has 1 aliphatic heterocycles. The summed E-state index contributed by atoms with van der Waals surface area (Å²) in [4.78, 5) is 19.9. The Labute approximate surface area is 122 Å². The molecule has 18 heavy (non-hydrogen) atoms. The van der Waals surface area contributed by atoms with E-state index in [1.54, 1.807) is 12.3 Å². The van der Waals surface area contributed by atoms with Gasteiger partial charge < -0.3 is 9.47 Å². The van der Waals surface area contributed by atoms with Crippen LogP contribution in [0.25, 0.3) is 0 Å². The SMILES string of the molecule is CSc1nccc(OC(=O)C2CCOCC2)n1.[LiH]. The van der Waals surface area contributed by atoms with E-state index < -0.39 is 0 Å². The van der Waals surface area contributed by atoms with Crippen LogP contribution < -0.4 is 4.74 Å². The van der Waals surface area contributed by atoms with Gasteiger partial charge in [0.05, 0.1) is 5.92 Å². The molecule has 0 amide bonds. The maximum atomic E-state index is 11.8. The van der Waals surface area contributed by atoms with Gasteiger partial charge in [-0.2, -0.15) is 4.98 Å². The number of hydrogen-bond acceptors (Lipinski definition) is 6. The molecule has 0 radical (unpaired) electrons. The quantitative estimate of drug-likeness (QED) is 0.349. The van der Waals surface area contributed by atoms with Crippen molar-refractivity contribution in [1.29, 1.82) is 0 Å². The van der Waals surface area contributed by atoms with E-state index in [9.17, 15) is 4.79 Å². The Hall–Kier alpha value is -0.543. The monoisotopic (exact) mass is 262 g/mol. The molecular formula is C11H15LiN2O3S. The Morgan fingerprint density at radius 2 is 2.22 bits per heavy atom. The van der Waals surface area contributed by atoms with Crippen LogP contribution in [0.15, 0.2) is 17.4 Å². The number of carbonyl (C=O) groups is 1. The minimum absolute atomic E-state index is 0. The summed E-state index contributed by atoms with van der Waals surface area (Å²) < 4.78 is 10.4. The molecule has 0 unspecified atom stereocenters. The van der Waals surface area contributed by atoms with E-state index in [2.05, 4.69) is 9.97 Å². The van der Waals surface area contributed by atoms with Crippen molar-refractivity contribution in [3.63, 3.8) is 0 Å². The molecule has 7 heteroatoms. The van der Waals surface area contributed by atoms with E-state index in [-0.39, 0.29) is 30.7 Å². The molecule has 2 heterocycles. The molecule has 0 N–H and O–H groups in total. The van der Waals surface area contributed by atoms with Gasteiger partial charge in [0, 0.05) is 25.5 Å². The summed E-state index contributed by atoms with van der Waals surface area (Å²) >= 11 is 1.41. The minimum atomic E-state index is -0.223. The molecule has 0 spiro atoms. The number of carbonyl (C=O) groups excluding carboxylic acids is 1. The van der Waals surface area contributed by atoms with Gasteiger partial charge in [-0.1, -0.05) is 11.8 Å². The van der Waals surface area contributed by atoms with Crippen molar-refractivity contribution >= 4 is 36.6 Å². The van der Waals surface area contributed by atoms with Crippen molar-refractivity contribution in [2.24, 2.45) is 5.92 Å². The molecule has 1 aromatic heterocycles. The van der Waals surface area contributed by atoms with Gasteiger partial charge in [-0.05, 0) is 19.1 Å². The summed E-state index contributed by atoms with van der Waals surface area (Å²) in [6.45, 7) is 1.25. The number of ether oxygens (including phenoxy) is 2. The Balaban J connectivity index is 0.00000162. The van der Waals surface area contributed by atoms with Crippen molar-refractivity contribution in [2.75, 3.05) is 19.5 Å². The average Bonchev–Trinajstić information content (AvgIpc) is 2.40. The van der Waals surface area contributed by atoms with Gasteiger partial charge in [0.2, 0.25) is 5.88 Å². The number of thioether (sulfide) groups is 1.